The Balaban J connectivity index is 1.51. The van der Waals surface area contributed by atoms with Crippen LogP contribution in [0.1, 0.15) is 30.4 Å². The van der Waals surface area contributed by atoms with Gasteiger partial charge in [-0.05, 0) is 40.8 Å². The van der Waals surface area contributed by atoms with E-state index in [0.717, 1.165) is 22.3 Å². The number of ether oxygens (including phenoxy) is 1. The molecule has 3 aromatic carbocycles. The Hall–Kier alpha value is -3.64. The minimum Gasteiger partial charge on any atom is -0.481 e. The smallest absolute Gasteiger partial charge is 0.306 e. The molecule has 6 nitrogen and oxygen atoms in total. The lowest BCUT2D eigenvalue weighted by Crippen LogP contribution is -2.38. The van der Waals surface area contributed by atoms with Crippen LogP contribution in [-0.4, -0.2) is 29.0 Å². The highest BCUT2D eigenvalue weighted by Gasteiger charge is 2.18. The first-order valence-electron chi connectivity index (χ1n) is 10.9. The van der Waals surface area contributed by atoms with Crippen LogP contribution in [0.2, 0.25) is 5.02 Å². The van der Waals surface area contributed by atoms with Gasteiger partial charge in [-0.3, -0.25) is 14.4 Å². The van der Waals surface area contributed by atoms with Crippen molar-refractivity contribution in [3.63, 3.8) is 0 Å². The molecule has 34 heavy (non-hydrogen) atoms. The Morgan fingerprint density at radius 2 is 1.59 bits per heavy atom. The minimum absolute atomic E-state index is 0.0720. The van der Waals surface area contributed by atoms with Crippen LogP contribution in [0.25, 0.3) is 11.1 Å². The molecular formula is C27H26ClNO5. The van der Waals surface area contributed by atoms with Crippen LogP contribution in [0, 0.1) is 0 Å². The largest absolute Gasteiger partial charge is 0.481 e. The van der Waals surface area contributed by atoms with E-state index in [4.69, 9.17) is 16.3 Å². The van der Waals surface area contributed by atoms with Gasteiger partial charge in [0.1, 0.15) is 6.61 Å². The van der Waals surface area contributed by atoms with E-state index < -0.39 is 23.9 Å². The number of carbonyl (C=O) groups excluding carboxylic acids is 2. The maximum atomic E-state index is 12.4. The fraction of sp³-hybridized carbons (Fsp3) is 0.222. The Kier molecular flexibility index (Phi) is 9.23. The van der Waals surface area contributed by atoms with Crippen LogP contribution in [0.3, 0.4) is 0 Å². The molecule has 0 aromatic heterocycles. The number of halogens is 1. The first-order valence-corrected chi connectivity index (χ1v) is 11.3. The summed E-state index contributed by atoms with van der Waals surface area (Å²) >= 11 is 6.06. The second-order valence-electron chi connectivity index (χ2n) is 7.92. The normalized spacial score (nSPS) is 11.4. The lowest BCUT2D eigenvalue weighted by Gasteiger charge is -2.17. The quantitative estimate of drug-likeness (QED) is 0.376. The molecular weight excluding hydrogens is 454 g/mol. The third kappa shape index (κ3) is 8.37. The topological polar surface area (TPSA) is 92.7 Å². The zero-order valence-electron chi connectivity index (χ0n) is 18.6. The van der Waals surface area contributed by atoms with E-state index in [1.807, 2.05) is 78.9 Å². The molecule has 0 saturated carbocycles. The zero-order valence-corrected chi connectivity index (χ0v) is 19.3. The molecule has 0 aliphatic heterocycles. The molecule has 0 aliphatic carbocycles. The van der Waals surface area contributed by atoms with Gasteiger partial charge in [-0.25, -0.2) is 0 Å². The maximum Gasteiger partial charge on any atom is 0.306 e. The number of benzene rings is 3. The van der Waals surface area contributed by atoms with Crippen molar-refractivity contribution in [1.82, 2.24) is 5.32 Å². The number of carbonyl (C=O) groups is 3. The van der Waals surface area contributed by atoms with Gasteiger partial charge in [-0.2, -0.15) is 0 Å². The van der Waals surface area contributed by atoms with Crippen LogP contribution in [0.15, 0.2) is 78.9 Å². The molecule has 1 amide bonds. The van der Waals surface area contributed by atoms with Gasteiger partial charge < -0.3 is 15.2 Å². The van der Waals surface area contributed by atoms with Gasteiger partial charge in [0.25, 0.3) is 0 Å². The number of rotatable bonds is 11. The zero-order chi connectivity index (χ0) is 24.3. The molecule has 176 valence electrons. The van der Waals surface area contributed by atoms with Crippen molar-refractivity contribution in [1.29, 1.82) is 0 Å². The van der Waals surface area contributed by atoms with Crippen molar-refractivity contribution in [3.05, 3.63) is 95.0 Å². The first kappa shape index (κ1) is 25.0. The highest BCUT2D eigenvalue weighted by Crippen LogP contribution is 2.23. The average molecular weight is 480 g/mol. The van der Waals surface area contributed by atoms with Gasteiger partial charge in [0.05, 0.1) is 12.8 Å². The van der Waals surface area contributed by atoms with Crippen LogP contribution in [0.5, 0.6) is 0 Å². The number of nitrogens with one attached hydrogen (secondary N) is 1. The Labute approximate surface area is 203 Å². The summed E-state index contributed by atoms with van der Waals surface area (Å²) in [6.45, 7) is 0.147. The number of hydrogen-bond acceptors (Lipinski definition) is 4. The second-order valence-corrected chi connectivity index (χ2v) is 8.36. The Morgan fingerprint density at radius 3 is 2.26 bits per heavy atom. The molecule has 0 heterocycles. The summed E-state index contributed by atoms with van der Waals surface area (Å²) in [5.41, 5.74) is 3.72. The van der Waals surface area contributed by atoms with Crippen molar-refractivity contribution in [3.8, 4) is 11.1 Å². The number of aliphatic carboxylic acids is 1. The van der Waals surface area contributed by atoms with E-state index >= 15 is 0 Å². The standard InChI is InChI=1S/C27H26ClNO5/c28-23-8-4-7-22(16-23)21-11-9-19(10-12-21)15-24(17-26(31)32)29-25(30)13-14-27(33)34-18-20-5-2-1-3-6-20/h1-12,16,24H,13-15,17-18H2,(H,29,30)(H,31,32)/t24-/m1/s1. The summed E-state index contributed by atoms with van der Waals surface area (Å²) in [4.78, 5) is 35.6. The third-order valence-corrected chi connectivity index (χ3v) is 5.41. The van der Waals surface area contributed by atoms with Crippen LogP contribution >= 0.6 is 11.6 Å². The van der Waals surface area contributed by atoms with Gasteiger partial charge in [0, 0.05) is 17.5 Å². The summed E-state index contributed by atoms with van der Waals surface area (Å²) in [6.07, 6.45) is -0.0171. The average Bonchev–Trinajstić information content (AvgIpc) is 2.82. The van der Waals surface area contributed by atoms with E-state index in [0.29, 0.717) is 11.4 Å². The predicted molar refractivity (Wildman–Crippen MR) is 130 cm³/mol. The van der Waals surface area contributed by atoms with Crippen molar-refractivity contribution < 1.29 is 24.2 Å². The molecule has 2 N–H and O–H groups in total. The number of carboxylic acids is 1. The summed E-state index contributed by atoms with van der Waals surface area (Å²) in [5, 5.41) is 12.6. The lowest BCUT2D eigenvalue weighted by atomic mass is 9.99. The van der Waals surface area contributed by atoms with Gasteiger partial charge in [-0.15, -0.1) is 0 Å². The number of hydrogen-bond donors (Lipinski definition) is 2. The maximum absolute atomic E-state index is 12.4. The molecule has 0 bridgehead atoms. The van der Waals surface area contributed by atoms with Crippen molar-refractivity contribution in [2.75, 3.05) is 0 Å². The summed E-state index contributed by atoms with van der Waals surface area (Å²) in [7, 11) is 0. The molecule has 0 radical (unpaired) electrons. The molecule has 0 saturated heterocycles. The predicted octanol–water partition coefficient (Wildman–Crippen LogP) is 5.03. The number of carboxylic acid groups (broad SMARTS) is 1. The Morgan fingerprint density at radius 1 is 0.853 bits per heavy atom. The van der Waals surface area contributed by atoms with E-state index in [2.05, 4.69) is 5.32 Å². The molecule has 1 atom stereocenters. The van der Waals surface area contributed by atoms with Crippen LogP contribution in [0.4, 0.5) is 0 Å². The van der Waals surface area contributed by atoms with Crippen molar-refractivity contribution in [2.24, 2.45) is 0 Å². The highest BCUT2D eigenvalue weighted by molar-refractivity contribution is 6.30. The molecule has 0 unspecified atom stereocenters. The summed E-state index contributed by atoms with van der Waals surface area (Å²) in [6, 6.07) is 23.9. The van der Waals surface area contributed by atoms with Gasteiger partial charge in [-0.1, -0.05) is 78.3 Å². The Bertz CT molecular complexity index is 1120. The second kappa shape index (κ2) is 12.6. The molecule has 3 aromatic rings. The third-order valence-electron chi connectivity index (χ3n) is 5.18. The fourth-order valence-corrected chi connectivity index (χ4v) is 3.69. The number of esters is 1. The van der Waals surface area contributed by atoms with E-state index in [1.165, 1.54) is 0 Å². The number of amides is 1. The van der Waals surface area contributed by atoms with Crippen molar-refractivity contribution in [2.45, 2.75) is 38.3 Å². The van der Waals surface area contributed by atoms with E-state index in [1.54, 1.807) is 0 Å². The van der Waals surface area contributed by atoms with Gasteiger partial charge in [0.15, 0.2) is 0 Å². The van der Waals surface area contributed by atoms with Crippen LogP contribution < -0.4 is 5.32 Å². The first-order chi connectivity index (χ1) is 16.4. The highest BCUT2D eigenvalue weighted by atomic mass is 35.5. The van der Waals surface area contributed by atoms with E-state index in [-0.39, 0.29) is 25.9 Å². The van der Waals surface area contributed by atoms with Gasteiger partial charge in [0.2, 0.25) is 5.91 Å². The van der Waals surface area contributed by atoms with Gasteiger partial charge >= 0.3 is 11.9 Å². The molecule has 7 heteroatoms. The van der Waals surface area contributed by atoms with Crippen molar-refractivity contribution >= 4 is 29.4 Å². The van der Waals surface area contributed by atoms with Crippen LogP contribution in [-0.2, 0) is 32.1 Å². The molecule has 3 rings (SSSR count). The molecule has 0 fully saturated rings. The molecule has 0 spiro atoms. The lowest BCUT2D eigenvalue weighted by molar-refractivity contribution is -0.146. The summed E-state index contributed by atoms with van der Waals surface area (Å²) < 4.78 is 5.18. The summed E-state index contributed by atoms with van der Waals surface area (Å²) in [5.74, 6) is -1.88. The van der Waals surface area contributed by atoms with E-state index in [9.17, 15) is 19.5 Å². The molecule has 0 aliphatic rings. The minimum atomic E-state index is -1.01. The monoisotopic (exact) mass is 479 g/mol. The SMILES string of the molecule is O=C(O)C[C@@H](Cc1ccc(-c2cccc(Cl)c2)cc1)NC(=O)CCC(=O)OCc1ccccc1. The fourth-order valence-electron chi connectivity index (χ4n) is 3.50.